The summed E-state index contributed by atoms with van der Waals surface area (Å²) in [5, 5.41) is 4.87. The Morgan fingerprint density at radius 2 is 1.23 bits per heavy atom. The van der Waals surface area contributed by atoms with Gasteiger partial charge in [0.25, 0.3) is 0 Å². The Labute approximate surface area is 227 Å². The molecule has 0 unspecified atom stereocenters. The van der Waals surface area contributed by atoms with Gasteiger partial charge in [-0.1, -0.05) is 117 Å². The van der Waals surface area contributed by atoms with E-state index in [0.29, 0.717) is 0 Å². The molecule has 0 radical (unpaired) electrons. The molecule has 8 rings (SSSR count). The summed E-state index contributed by atoms with van der Waals surface area (Å²) in [5.41, 5.74) is 11.6. The number of hydrogen-bond acceptors (Lipinski definition) is 2. The topological polar surface area (TPSA) is 25.8 Å². The molecule has 0 saturated carbocycles. The van der Waals surface area contributed by atoms with Gasteiger partial charge in [-0.25, -0.2) is 9.97 Å². The van der Waals surface area contributed by atoms with Gasteiger partial charge in [0.2, 0.25) is 0 Å². The monoisotopic (exact) mass is 498 g/mol. The van der Waals surface area contributed by atoms with E-state index in [1.165, 1.54) is 38.4 Å². The van der Waals surface area contributed by atoms with Crippen LogP contribution in [0.1, 0.15) is 25.0 Å². The van der Waals surface area contributed by atoms with Gasteiger partial charge in [-0.3, -0.25) is 0 Å². The van der Waals surface area contributed by atoms with Gasteiger partial charge in [-0.15, -0.1) is 0 Å². The molecule has 2 heteroatoms. The number of nitrogens with zero attached hydrogens (tertiary/aromatic N) is 2. The van der Waals surface area contributed by atoms with Crippen LogP contribution in [0.2, 0.25) is 0 Å². The van der Waals surface area contributed by atoms with Gasteiger partial charge in [0.15, 0.2) is 0 Å². The molecule has 2 heterocycles. The molecule has 5 aromatic carbocycles. The summed E-state index contributed by atoms with van der Waals surface area (Å²) in [4.78, 5) is 10.2. The number of fused-ring (bicyclic) bond motifs is 8. The highest BCUT2D eigenvalue weighted by molar-refractivity contribution is 6.15. The molecule has 184 valence electrons. The Bertz CT molecular complexity index is 2080. The fraction of sp³-hybridized carbons (Fsp3) is 0.0811. The summed E-state index contributed by atoms with van der Waals surface area (Å²) < 4.78 is 0. The second kappa shape index (κ2) is 8.09. The first kappa shape index (κ1) is 22.2. The predicted octanol–water partition coefficient (Wildman–Crippen LogP) is 9.58. The second-order valence-corrected chi connectivity index (χ2v) is 11.0. The third kappa shape index (κ3) is 3.21. The van der Waals surface area contributed by atoms with E-state index in [-0.39, 0.29) is 5.41 Å². The van der Waals surface area contributed by atoms with E-state index in [9.17, 15) is 0 Å². The molecule has 0 spiro atoms. The highest BCUT2D eigenvalue weighted by atomic mass is 14.7. The van der Waals surface area contributed by atoms with Crippen LogP contribution in [0, 0.1) is 0 Å². The van der Waals surface area contributed by atoms with Crippen molar-refractivity contribution >= 4 is 32.6 Å². The van der Waals surface area contributed by atoms with E-state index in [0.717, 1.165) is 38.9 Å². The number of hydrogen-bond donors (Lipinski definition) is 0. The summed E-state index contributed by atoms with van der Waals surface area (Å²) in [6, 6.07) is 43.2. The Morgan fingerprint density at radius 3 is 2.10 bits per heavy atom. The van der Waals surface area contributed by atoms with Crippen molar-refractivity contribution in [3.05, 3.63) is 132 Å². The maximum Gasteiger partial charge on any atom is 0.0791 e. The smallest absolute Gasteiger partial charge is 0.0791 e. The molecule has 0 aliphatic heterocycles. The Morgan fingerprint density at radius 1 is 0.513 bits per heavy atom. The molecule has 0 amide bonds. The van der Waals surface area contributed by atoms with Crippen molar-refractivity contribution in [1.82, 2.24) is 9.97 Å². The minimum atomic E-state index is -0.126. The first-order valence-electron chi connectivity index (χ1n) is 13.5. The van der Waals surface area contributed by atoms with Crippen molar-refractivity contribution < 1.29 is 0 Å². The summed E-state index contributed by atoms with van der Waals surface area (Å²) >= 11 is 0. The molecule has 0 bridgehead atoms. The fourth-order valence-electron chi connectivity index (χ4n) is 6.55. The lowest BCUT2D eigenvalue weighted by atomic mass is 9.79. The van der Waals surface area contributed by atoms with E-state index >= 15 is 0 Å². The zero-order chi connectivity index (χ0) is 26.1. The number of benzene rings is 5. The van der Waals surface area contributed by atoms with Crippen molar-refractivity contribution in [3.63, 3.8) is 0 Å². The van der Waals surface area contributed by atoms with Gasteiger partial charge in [-0.05, 0) is 45.8 Å². The molecule has 0 N–H and O–H groups in total. The van der Waals surface area contributed by atoms with Crippen LogP contribution < -0.4 is 0 Å². The molecule has 0 saturated heterocycles. The van der Waals surface area contributed by atoms with Gasteiger partial charge in [0.1, 0.15) is 0 Å². The maximum absolute atomic E-state index is 5.31. The fourth-order valence-corrected chi connectivity index (χ4v) is 6.55. The van der Waals surface area contributed by atoms with E-state index in [4.69, 9.17) is 9.97 Å². The van der Waals surface area contributed by atoms with E-state index < -0.39 is 0 Å². The molecule has 7 aromatic rings. The molecule has 1 aliphatic carbocycles. The quantitative estimate of drug-likeness (QED) is 0.222. The highest BCUT2D eigenvalue weighted by Gasteiger charge is 2.37. The number of rotatable bonds is 2. The first-order chi connectivity index (χ1) is 19.1. The van der Waals surface area contributed by atoms with Crippen LogP contribution in [0.15, 0.2) is 121 Å². The molecule has 0 fully saturated rings. The van der Waals surface area contributed by atoms with Crippen LogP contribution in [0.5, 0.6) is 0 Å². The minimum absolute atomic E-state index is 0.126. The van der Waals surface area contributed by atoms with Gasteiger partial charge < -0.3 is 0 Å². The highest BCUT2D eigenvalue weighted by Crippen LogP contribution is 2.53. The molecular formula is C37H26N2. The molecule has 0 atom stereocenters. The van der Waals surface area contributed by atoms with Crippen LogP contribution in [-0.4, -0.2) is 9.97 Å². The number of para-hydroxylation sites is 2. The summed E-state index contributed by atoms with van der Waals surface area (Å²) in [7, 11) is 0. The normalized spacial score (nSPS) is 13.6. The lowest BCUT2D eigenvalue weighted by molar-refractivity contribution is 0.666. The van der Waals surface area contributed by atoms with Crippen molar-refractivity contribution in [1.29, 1.82) is 0 Å². The minimum Gasteiger partial charge on any atom is -0.248 e. The third-order valence-electron chi connectivity index (χ3n) is 8.44. The average Bonchev–Trinajstić information content (AvgIpc) is 3.23. The zero-order valence-electron chi connectivity index (χ0n) is 21.9. The van der Waals surface area contributed by atoms with Crippen molar-refractivity contribution in [3.8, 4) is 33.6 Å². The number of aromatic nitrogens is 2. The van der Waals surface area contributed by atoms with Crippen molar-refractivity contribution in [2.24, 2.45) is 0 Å². The van der Waals surface area contributed by atoms with Crippen LogP contribution in [0.3, 0.4) is 0 Å². The molecule has 2 aromatic heterocycles. The van der Waals surface area contributed by atoms with Gasteiger partial charge >= 0.3 is 0 Å². The van der Waals surface area contributed by atoms with Gasteiger partial charge in [0.05, 0.1) is 22.4 Å². The summed E-state index contributed by atoms with van der Waals surface area (Å²) in [6.07, 6.45) is 0. The lowest BCUT2D eigenvalue weighted by Crippen LogP contribution is -2.16. The van der Waals surface area contributed by atoms with E-state index in [1.54, 1.807) is 0 Å². The SMILES string of the molecule is CC1(C)c2ccccc2-c2ccc3c(c(-c4ccc(-c5ccc6ccccc6n5)cc4)nc4ccccc43)c21. The molecular weight excluding hydrogens is 472 g/mol. The van der Waals surface area contributed by atoms with E-state index in [1.807, 2.05) is 6.07 Å². The summed E-state index contributed by atoms with van der Waals surface area (Å²) in [5.74, 6) is 0. The van der Waals surface area contributed by atoms with Gasteiger partial charge in [0, 0.05) is 32.7 Å². The van der Waals surface area contributed by atoms with Crippen LogP contribution in [0.25, 0.3) is 66.2 Å². The predicted molar refractivity (Wildman–Crippen MR) is 163 cm³/mol. The third-order valence-corrected chi connectivity index (χ3v) is 8.44. The lowest BCUT2D eigenvalue weighted by Gasteiger charge is -2.24. The summed E-state index contributed by atoms with van der Waals surface area (Å²) in [6.45, 7) is 4.70. The molecule has 1 aliphatic rings. The average molecular weight is 499 g/mol. The van der Waals surface area contributed by atoms with Crippen LogP contribution in [0.4, 0.5) is 0 Å². The van der Waals surface area contributed by atoms with E-state index in [2.05, 4.69) is 129 Å². The van der Waals surface area contributed by atoms with Gasteiger partial charge in [-0.2, -0.15) is 0 Å². The van der Waals surface area contributed by atoms with Crippen molar-refractivity contribution in [2.45, 2.75) is 19.3 Å². The second-order valence-electron chi connectivity index (χ2n) is 11.0. The Balaban J connectivity index is 1.37. The number of pyridine rings is 2. The standard InChI is InChI=1S/C37H26N2/c1-37(2)30-12-6-4-10-26(30)29-21-20-28-27-11-5-8-14-33(27)39-36(34(28)35(29)37)25-17-15-24(16-18-25)32-22-19-23-9-3-7-13-31(23)38-32/h3-22H,1-2H3. The first-order valence-corrected chi connectivity index (χ1v) is 13.5. The molecule has 39 heavy (non-hydrogen) atoms. The zero-order valence-corrected chi connectivity index (χ0v) is 21.9. The Hall–Kier alpha value is -4.82. The molecule has 2 nitrogen and oxygen atoms in total. The maximum atomic E-state index is 5.31. The Kier molecular flexibility index (Phi) is 4.60. The van der Waals surface area contributed by atoms with Crippen molar-refractivity contribution in [2.75, 3.05) is 0 Å². The van der Waals surface area contributed by atoms with Crippen LogP contribution >= 0.6 is 0 Å². The largest absolute Gasteiger partial charge is 0.248 e. The van der Waals surface area contributed by atoms with Crippen LogP contribution in [-0.2, 0) is 5.41 Å².